The Balaban J connectivity index is 1.94. The first-order valence-corrected chi connectivity index (χ1v) is 6.94. The molecule has 0 radical (unpaired) electrons. The molecule has 1 aliphatic heterocycles. The molecular weight excluding hydrogens is 200 g/mol. The van der Waals surface area contributed by atoms with Crippen molar-refractivity contribution >= 4 is 0 Å². The number of hydrogen-bond acceptors (Lipinski definition) is 3. The molecule has 16 heavy (non-hydrogen) atoms. The van der Waals surface area contributed by atoms with E-state index in [2.05, 4.69) is 11.8 Å². The fraction of sp³-hybridized carbons (Fsp3) is 1.00. The molecule has 1 saturated heterocycles. The molecule has 1 saturated carbocycles. The third kappa shape index (κ3) is 2.58. The SMILES string of the molecule is CCCCC(CN)N1CCOC2CCCC21. The van der Waals surface area contributed by atoms with Crippen LogP contribution in [0.25, 0.3) is 0 Å². The number of nitrogens with zero attached hydrogens (tertiary/aromatic N) is 1. The molecule has 2 rings (SSSR count). The maximum absolute atomic E-state index is 5.94. The van der Waals surface area contributed by atoms with Gasteiger partial charge in [0.2, 0.25) is 0 Å². The molecule has 1 aliphatic carbocycles. The number of fused-ring (bicyclic) bond motifs is 1. The summed E-state index contributed by atoms with van der Waals surface area (Å²) in [6.45, 7) is 5.06. The zero-order valence-corrected chi connectivity index (χ0v) is 10.5. The minimum absolute atomic E-state index is 0.504. The molecule has 2 aliphatic rings. The highest BCUT2D eigenvalue weighted by Gasteiger charge is 2.38. The maximum Gasteiger partial charge on any atom is 0.0731 e. The van der Waals surface area contributed by atoms with Crippen molar-refractivity contribution in [3.63, 3.8) is 0 Å². The lowest BCUT2D eigenvalue weighted by molar-refractivity contribution is -0.0716. The molecule has 94 valence electrons. The van der Waals surface area contributed by atoms with E-state index < -0.39 is 0 Å². The number of morpholine rings is 1. The lowest BCUT2D eigenvalue weighted by Gasteiger charge is -2.42. The van der Waals surface area contributed by atoms with Crippen molar-refractivity contribution in [1.29, 1.82) is 0 Å². The summed E-state index contributed by atoms with van der Waals surface area (Å²) in [7, 11) is 0. The van der Waals surface area contributed by atoms with Crippen LogP contribution < -0.4 is 5.73 Å². The van der Waals surface area contributed by atoms with Crippen LogP contribution in [0.3, 0.4) is 0 Å². The second-order valence-electron chi connectivity index (χ2n) is 5.18. The minimum atomic E-state index is 0.504. The number of ether oxygens (including phenoxy) is 1. The standard InChI is InChI=1S/C13H26N2O/c1-2-3-5-11(10-14)15-8-9-16-13-7-4-6-12(13)15/h11-13H,2-10,14H2,1H3. The van der Waals surface area contributed by atoms with E-state index in [1.807, 2.05) is 0 Å². The Hall–Kier alpha value is -0.120. The van der Waals surface area contributed by atoms with Gasteiger partial charge in [0.25, 0.3) is 0 Å². The summed E-state index contributed by atoms with van der Waals surface area (Å²) in [4.78, 5) is 2.65. The molecule has 0 spiro atoms. The zero-order chi connectivity index (χ0) is 11.4. The third-order valence-corrected chi connectivity index (χ3v) is 4.16. The van der Waals surface area contributed by atoms with Gasteiger partial charge >= 0.3 is 0 Å². The number of nitrogens with two attached hydrogens (primary N) is 1. The molecule has 0 aromatic heterocycles. The van der Waals surface area contributed by atoms with Crippen LogP contribution in [0.15, 0.2) is 0 Å². The van der Waals surface area contributed by atoms with Crippen molar-refractivity contribution in [2.24, 2.45) is 5.73 Å². The molecule has 0 aromatic rings. The van der Waals surface area contributed by atoms with E-state index in [0.29, 0.717) is 18.2 Å². The van der Waals surface area contributed by atoms with Crippen LogP contribution in [0.1, 0.15) is 45.4 Å². The molecule has 3 nitrogen and oxygen atoms in total. The summed E-state index contributed by atoms with van der Waals surface area (Å²) in [5.74, 6) is 0. The minimum Gasteiger partial charge on any atom is -0.375 e. The normalized spacial score (nSPS) is 32.6. The fourth-order valence-electron chi connectivity index (χ4n) is 3.27. The van der Waals surface area contributed by atoms with Crippen molar-refractivity contribution in [1.82, 2.24) is 4.90 Å². The lowest BCUT2D eigenvalue weighted by atomic mass is 10.0. The van der Waals surface area contributed by atoms with Crippen LogP contribution >= 0.6 is 0 Å². The summed E-state index contributed by atoms with van der Waals surface area (Å²) >= 11 is 0. The van der Waals surface area contributed by atoms with E-state index in [-0.39, 0.29) is 0 Å². The van der Waals surface area contributed by atoms with Crippen molar-refractivity contribution in [2.75, 3.05) is 19.7 Å². The average molecular weight is 226 g/mol. The summed E-state index contributed by atoms with van der Waals surface area (Å²) in [6.07, 6.45) is 8.24. The Kier molecular flexibility index (Phi) is 4.62. The molecule has 0 bridgehead atoms. The van der Waals surface area contributed by atoms with E-state index in [1.54, 1.807) is 0 Å². The van der Waals surface area contributed by atoms with Gasteiger partial charge in [-0.05, 0) is 25.7 Å². The van der Waals surface area contributed by atoms with Crippen LogP contribution in [0.4, 0.5) is 0 Å². The van der Waals surface area contributed by atoms with Gasteiger partial charge in [0.15, 0.2) is 0 Å². The van der Waals surface area contributed by atoms with Crippen LogP contribution in [-0.4, -0.2) is 42.8 Å². The Morgan fingerprint density at radius 2 is 2.31 bits per heavy atom. The number of rotatable bonds is 5. The van der Waals surface area contributed by atoms with Crippen molar-refractivity contribution in [3.8, 4) is 0 Å². The molecule has 0 amide bonds. The average Bonchev–Trinajstić information content (AvgIpc) is 2.78. The highest BCUT2D eigenvalue weighted by molar-refractivity contribution is 4.92. The van der Waals surface area contributed by atoms with Gasteiger partial charge in [0.1, 0.15) is 0 Å². The maximum atomic E-state index is 5.94. The Labute approximate surface area is 99.3 Å². The molecule has 1 heterocycles. The Morgan fingerprint density at radius 1 is 1.44 bits per heavy atom. The Bertz CT molecular complexity index is 210. The predicted octanol–water partition coefficient (Wildman–Crippen LogP) is 1.76. The zero-order valence-electron chi connectivity index (χ0n) is 10.5. The molecule has 3 unspecified atom stereocenters. The quantitative estimate of drug-likeness (QED) is 0.776. The van der Waals surface area contributed by atoms with Crippen LogP contribution in [0.2, 0.25) is 0 Å². The molecular formula is C13H26N2O. The van der Waals surface area contributed by atoms with Gasteiger partial charge in [-0.2, -0.15) is 0 Å². The van der Waals surface area contributed by atoms with Crippen molar-refractivity contribution in [3.05, 3.63) is 0 Å². The van der Waals surface area contributed by atoms with E-state index in [0.717, 1.165) is 19.7 Å². The predicted molar refractivity (Wildman–Crippen MR) is 66.5 cm³/mol. The molecule has 2 N–H and O–H groups in total. The molecule has 0 aromatic carbocycles. The summed E-state index contributed by atoms with van der Waals surface area (Å²) in [5, 5.41) is 0. The van der Waals surface area contributed by atoms with Gasteiger partial charge in [-0.15, -0.1) is 0 Å². The molecule has 3 atom stereocenters. The molecule has 2 fully saturated rings. The Morgan fingerprint density at radius 3 is 3.06 bits per heavy atom. The van der Waals surface area contributed by atoms with Gasteiger partial charge in [-0.3, -0.25) is 4.90 Å². The van der Waals surface area contributed by atoms with Gasteiger partial charge in [-0.25, -0.2) is 0 Å². The third-order valence-electron chi connectivity index (χ3n) is 4.16. The van der Waals surface area contributed by atoms with Crippen molar-refractivity contribution in [2.45, 2.75) is 63.6 Å². The monoisotopic (exact) mass is 226 g/mol. The first-order valence-electron chi connectivity index (χ1n) is 6.94. The van der Waals surface area contributed by atoms with E-state index in [1.165, 1.54) is 38.5 Å². The second kappa shape index (κ2) is 5.99. The van der Waals surface area contributed by atoms with E-state index >= 15 is 0 Å². The highest BCUT2D eigenvalue weighted by atomic mass is 16.5. The van der Waals surface area contributed by atoms with E-state index in [9.17, 15) is 0 Å². The summed E-state index contributed by atoms with van der Waals surface area (Å²) in [6, 6.07) is 1.26. The fourth-order valence-corrected chi connectivity index (χ4v) is 3.27. The van der Waals surface area contributed by atoms with Crippen LogP contribution in [0, 0.1) is 0 Å². The first kappa shape index (κ1) is 12.3. The number of hydrogen-bond donors (Lipinski definition) is 1. The van der Waals surface area contributed by atoms with E-state index in [4.69, 9.17) is 10.5 Å². The first-order chi connectivity index (χ1) is 7.86. The summed E-state index contributed by atoms with van der Waals surface area (Å²) in [5.41, 5.74) is 5.94. The summed E-state index contributed by atoms with van der Waals surface area (Å²) < 4.78 is 5.85. The molecule has 3 heteroatoms. The highest BCUT2D eigenvalue weighted by Crippen LogP contribution is 2.31. The topological polar surface area (TPSA) is 38.5 Å². The van der Waals surface area contributed by atoms with Crippen LogP contribution in [0.5, 0.6) is 0 Å². The van der Waals surface area contributed by atoms with Crippen LogP contribution in [-0.2, 0) is 4.74 Å². The van der Waals surface area contributed by atoms with Gasteiger partial charge in [0.05, 0.1) is 12.7 Å². The smallest absolute Gasteiger partial charge is 0.0731 e. The van der Waals surface area contributed by atoms with Gasteiger partial charge in [-0.1, -0.05) is 19.8 Å². The van der Waals surface area contributed by atoms with Gasteiger partial charge in [0, 0.05) is 25.2 Å². The largest absolute Gasteiger partial charge is 0.375 e. The second-order valence-corrected chi connectivity index (χ2v) is 5.18. The van der Waals surface area contributed by atoms with Crippen molar-refractivity contribution < 1.29 is 4.74 Å². The lowest BCUT2D eigenvalue weighted by Crippen LogP contribution is -2.55. The van der Waals surface area contributed by atoms with Gasteiger partial charge < -0.3 is 10.5 Å². The number of unbranched alkanes of at least 4 members (excludes halogenated alkanes) is 1.